The molecule has 2 aliphatic heterocycles. The Balaban J connectivity index is 1.14. The van der Waals surface area contributed by atoms with Crippen LogP contribution in [0.5, 0.6) is 0 Å². The smallest absolute Gasteiger partial charge is 0.378 e. The Kier molecular flexibility index (Phi) is 8.79. The molecule has 11 nitrogen and oxygen atoms in total. The molecule has 0 unspecified atom stereocenters. The van der Waals surface area contributed by atoms with Gasteiger partial charge in [0.2, 0.25) is 0 Å². The Morgan fingerprint density at radius 2 is 1.75 bits per heavy atom. The minimum absolute atomic E-state index is 0.0260. The number of imidazole rings is 2. The number of hydrogen-bond acceptors (Lipinski definition) is 8. The summed E-state index contributed by atoms with van der Waals surface area (Å²) in [5.74, 6) is 0.303. The van der Waals surface area contributed by atoms with Crippen LogP contribution in [0.2, 0.25) is 0 Å². The van der Waals surface area contributed by atoms with Gasteiger partial charge in [-0.3, -0.25) is 4.79 Å². The van der Waals surface area contributed by atoms with Crippen molar-refractivity contribution in [2.24, 2.45) is 0 Å². The van der Waals surface area contributed by atoms with E-state index in [4.69, 9.17) is 14.8 Å². The largest absolute Gasteiger partial charge is 0.390 e. The van der Waals surface area contributed by atoms with Crippen LogP contribution in [0.4, 0.5) is 29.2 Å². The number of aromatic nitrogens is 6. The summed E-state index contributed by atoms with van der Waals surface area (Å²) < 4.78 is 61.2. The van der Waals surface area contributed by atoms with Crippen molar-refractivity contribution >= 4 is 23.2 Å². The first-order valence-electron chi connectivity index (χ1n) is 15.8. The van der Waals surface area contributed by atoms with Crippen LogP contribution in [0.3, 0.4) is 0 Å². The topological polar surface area (TPSA) is 106 Å². The van der Waals surface area contributed by atoms with E-state index in [-0.39, 0.29) is 24.3 Å². The van der Waals surface area contributed by atoms with E-state index < -0.39 is 12.6 Å². The van der Waals surface area contributed by atoms with Crippen LogP contribution in [-0.4, -0.2) is 92.1 Å². The molecular formula is C33H33F4N9O2. The fourth-order valence-corrected chi connectivity index (χ4v) is 6.20. The van der Waals surface area contributed by atoms with Crippen molar-refractivity contribution in [2.75, 3.05) is 56.2 Å². The number of piperidine rings is 1. The van der Waals surface area contributed by atoms with Crippen LogP contribution in [-0.2, 0) is 4.74 Å². The van der Waals surface area contributed by atoms with E-state index in [1.54, 1.807) is 53.6 Å². The number of pyridine rings is 1. The van der Waals surface area contributed by atoms with Crippen LogP contribution >= 0.6 is 0 Å². The average Bonchev–Trinajstić information content (AvgIpc) is 3.72. The highest BCUT2D eigenvalue weighted by Gasteiger charge is 2.30. The summed E-state index contributed by atoms with van der Waals surface area (Å²) in [5, 5.41) is 7.68. The Hall–Kier alpha value is -4.89. The summed E-state index contributed by atoms with van der Waals surface area (Å²) in [6.45, 7) is 3.61. The minimum Gasteiger partial charge on any atom is -0.378 e. The Morgan fingerprint density at radius 1 is 0.979 bits per heavy atom. The number of anilines is 2. The lowest BCUT2D eigenvalue weighted by molar-refractivity contribution is -0.138. The number of carbonyl (C=O) groups is 1. The molecule has 5 aromatic rings. The molecule has 7 rings (SSSR count). The molecule has 0 bridgehead atoms. The number of likely N-dealkylation sites (tertiary alicyclic amines) is 1. The molecule has 48 heavy (non-hydrogen) atoms. The molecule has 1 amide bonds. The third-order valence-electron chi connectivity index (χ3n) is 8.72. The second-order valence-corrected chi connectivity index (χ2v) is 11.9. The molecule has 1 N–H and O–H groups in total. The lowest BCUT2D eigenvalue weighted by Gasteiger charge is -2.33. The van der Waals surface area contributed by atoms with Gasteiger partial charge >= 0.3 is 6.18 Å². The maximum absolute atomic E-state index is 13.8. The van der Waals surface area contributed by atoms with Gasteiger partial charge in [-0.25, -0.2) is 23.9 Å². The van der Waals surface area contributed by atoms with E-state index >= 15 is 0 Å². The summed E-state index contributed by atoms with van der Waals surface area (Å²) in [6, 6.07) is 13.0. The molecule has 0 spiro atoms. The zero-order valence-electron chi connectivity index (χ0n) is 25.9. The van der Waals surface area contributed by atoms with Crippen LogP contribution in [0.15, 0.2) is 67.3 Å². The molecule has 4 aromatic heterocycles. The molecule has 0 atom stereocenters. The van der Waals surface area contributed by atoms with Crippen molar-refractivity contribution in [1.29, 1.82) is 0 Å². The van der Waals surface area contributed by atoms with Gasteiger partial charge in [0.1, 0.15) is 17.3 Å². The molecule has 2 aliphatic rings. The first kappa shape index (κ1) is 31.7. The van der Waals surface area contributed by atoms with Gasteiger partial charge in [-0.05, 0) is 61.4 Å². The van der Waals surface area contributed by atoms with E-state index in [1.807, 2.05) is 15.5 Å². The summed E-state index contributed by atoms with van der Waals surface area (Å²) in [7, 11) is 0. The number of rotatable bonds is 8. The van der Waals surface area contributed by atoms with E-state index in [9.17, 15) is 22.4 Å². The normalized spacial score (nSPS) is 16.5. The molecule has 0 saturated carbocycles. The lowest BCUT2D eigenvalue weighted by Crippen LogP contribution is -2.36. The molecule has 1 aromatic carbocycles. The highest BCUT2D eigenvalue weighted by atomic mass is 19.4. The number of halogens is 4. The Labute approximate surface area is 273 Å². The summed E-state index contributed by atoms with van der Waals surface area (Å²) in [5.41, 5.74) is 3.51. The number of ether oxygens (including phenoxy) is 1. The maximum Gasteiger partial charge on any atom is 0.390 e. The van der Waals surface area contributed by atoms with Gasteiger partial charge in [0, 0.05) is 56.1 Å². The van der Waals surface area contributed by atoms with Crippen LogP contribution in [0, 0.1) is 5.82 Å². The second kappa shape index (κ2) is 13.3. The third kappa shape index (κ3) is 7.01. The number of nitrogens with zero attached hydrogens (tertiary/aromatic N) is 8. The van der Waals surface area contributed by atoms with Crippen molar-refractivity contribution in [3.63, 3.8) is 0 Å². The predicted molar refractivity (Wildman–Crippen MR) is 170 cm³/mol. The predicted octanol–water partition coefficient (Wildman–Crippen LogP) is 5.47. The maximum atomic E-state index is 13.8. The zero-order valence-corrected chi connectivity index (χ0v) is 25.9. The van der Waals surface area contributed by atoms with Gasteiger partial charge in [0.05, 0.1) is 43.5 Å². The van der Waals surface area contributed by atoms with Gasteiger partial charge in [-0.1, -0.05) is 0 Å². The second-order valence-electron chi connectivity index (χ2n) is 11.9. The van der Waals surface area contributed by atoms with Gasteiger partial charge in [-0.15, -0.1) is 0 Å². The fourth-order valence-electron chi connectivity index (χ4n) is 6.20. The number of benzene rings is 1. The number of hydrogen-bond donors (Lipinski definition) is 1. The van der Waals surface area contributed by atoms with Gasteiger partial charge < -0.3 is 24.4 Å². The summed E-state index contributed by atoms with van der Waals surface area (Å²) in [6.07, 6.45) is 1.19. The van der Waals surface area contributed by atoms with Crippen molar-refractivity contribution in [3.8, 4) is 22.6 Å². The first-order valence-corrected chi connectivity index (χ1v) is 15.8. The number of carbonyl (C=O) groups excluding carboxylic acids is 1. The monoisotopic (exact) mass is 663 g/mol. The standard InChI is InChI=1S/C33H33F4N9O2/c34-24-3-1-22(2-4-24)30-31(45(21-39-30)25-8-12-43(13-9-25)14-10-33(35,36)37)26-5-6-28-40-27(20-46(28)42-26)41-32(47)23-7-11-38-29(19-23)44-15-17-48-18-16-44/h1-7,11,19-21,25H,8-10,12-18H2,(H,41,47). The molecule has 6 heterocycles. The number of nitrogens with one attached hydrogen (secondary N) is 1. The van der Waals surface area contributed by atoms with Crippen molar-refractivity contribution in [2.45, 2.75) is 31.5 Å². The number of fused-ring (bicyclic) bond motifs is 1. The average molecular weight is 664 g/mol. The number of alkyl halides is 3. The van der Waals surface area contributed by atoms with E-state index in [1.165, 1.54) is 12.1 Å². The molecule has 15 heteroatoms. The Morgan fingerprint density at radius 3 is 2.50 bits per heavy atom. The number of amides is 1. The van der Waals surface area contributed by atoms with Crippen molar-refractivity contribution in [3.05, 3.63) is 78.6 Å². The van der Waals surface area contributed by atoms with E-state index in [0.29, 0.717) is 97.7 Å². The van der Waals surface area contributed by atoms with Crippen LogP contribution in [0.1, 0.15) is 35.7 Å². The van der Waals surface area contributed by atoms with Gasteiger partial charge in [0.25, 0.3) is 5.91 Å². The van der Waals surface area contributed by atoms with Gasteiger partial charge in [-0.2, -0.15) is 18.3 Å². The quantitative estimate of drug-likeness (QED) is 0.218. The highest BCUT2D eigenvalue weighted by molar-refractivity contribution is 6.04. The van der Waals surface area contributed by atoms with Crippen LogP contribution < -0.4 is 10.2 Å². The molecule has 2 fully saturated rings. The van der Waals surface area contributed by atoms with E-state index in [2.05, 4.69) is 20.2 Å². The lowest BCUT2D eigenvalue weighted by atomic mass is 10.0. The SMILES string of the molecule is O=C(Nc1cn2nc(-c3c(-c4ccc(F)cc4)ncn3C3CCN(CCC(F)(F)F)CC3)ccc2n1)c1ccnc(N2CCOCC2)c1. The minimum atomic E-state index is -4.19. The number of morpholine rings is 1. The fraction of sp³-hybridized carbons (Fsp3) is 0.364. The van der Waals surface area contributed by atoms with Crippen LogP contribution in [0.25, 0.3) is 28.3 Å². The zero-order chi connectivity index (χ0) is 33.3. The Bertz CT molecular complexity index is 1890. The van der Waals surface area contributed by atoms with E-state index in [0.717, 1.165) is 0 Å². The molecular weight excluding hydrogens is 630 g/mol. The molecule has 2 saturated heterocycles. The molecule has 0 radical (unpaired) electrons. The highest BCUT2D eigenvalue weighted by Crippen LogP contribution is 2.36. The van der Waals surface area contributed by atoms with Crippen molar-refractivity contribution in [1.82, 2.24) is 34.0 Å². The summed E-state index contributed by atoms with van der Waals surface area (Å²) in [4.78, 5) is 30.7. The molecule has 250 valence electrons. The first-order chi connectivity index (χ1) is 23.2. The molecule has 0 aliphatic carbocycles. The third-order valence-corrected chi connectivity index (χ3v) is 8.72. The van der Waals surface area contributed by atoms with Crippen molar-refractivity contribution < 1.29 is 27.1 Å². The summed E-state index contributed by atoms with van der Waals surface area (Å²) >= 11 is 0. The van der Waals surface area contributed by atoms with Gasteiger partial charge in [0.15, 0.2) is 11.5 Å².